The van der Waals surface area contributed by atoms with E-state index in [0.29, 0.717) is 61.0 Å². The number of para-hydroxylation sites is 1. The van der Waals surface area contributed by atoms with Gasteiger partial charge in [-0.2, -0.15) is 9.78 Å². The van der Waals surface area contributed by atoms with Gasteiger partial charge < -0.3 is 14.4 Å². The predicted octanol–water partition coefficient (Wildman–Crippen LogP) is 2.54. The van der Waals surface area contributed by atoms with E-state index in [1.807, 2.05) is 35.2 Å². The number of pyridine rings is 1. The van der Waals surface area contributed by atoms with Gasteiger partial charge in [0.2, 0.25) is 5.91 Å². The fourth-order valence-electron chi connectivity index (χ4n) is 5.06. The lowest BCUT2D eigenvalue weighted by atomic mass is 10.0. The molecule has 5 rings (SSSR count). The largest absolute Gasteiger partial charge is 0.356 e. The first-order chi connectivity index (χ1) is 16.0. The topological polar surface area (TPSA) is 80.4 Å². The third-order valence-corrected chi connectivity index (χ3v) is 6.89. The van der Waals surface area contributed by atoms with Gasteiger partial charge in [-0.1, -0.05) is 31.0 Å². The average molecular weight is 448 g/mol. The van der Waals surface area contributed by atoms with Crippen molar-refractivity contribution in [1.29, 1.82) is 0 Å². The van der Waals surface area contributed by atoms with Crippen molar-refractivity contribution in [3.8, 4) is 16.9 Å². The van der Waals surface area contributed by atoms with Gasteiger partial charge in [-0.25, -0.2) is 0 Å². The number of hydrogen-bond donors (Lipinski definition) is 0. The maximum Gasteiger partial charge on any atom is 0.282 e. The Kier molecular flexibility index (Phi) is 5.74. The minimum absolute atomic E-state index is 0.156. The summed E-state index contributed by atoms with van der Waals surface area (Å²) in [5, 5.41) is 4.52. The molecule has 0 N–H and O–H groups in total. The van der Waals surface area contributed by atoms with Crippen LogP contribution < -0.4 is 5.56 Å². The van der Waals surface area contributed by atoms with Crippen molar-refractivity contribution in [2.75, 3.05) is 26.2 Å². The van der Waals surface area contributed by atoms with Crippen LogP contribution in [0.2, 0.25) is 0 Å². The molecule has 1 aromatic carbocycles. The minimum atomic E-state index is -0.247. The summed E-state index contributed by atoms with van der Waals surface area (Å²) in [6.07, 6.45) is 8.84. The Bertz CT molecular complexity index is 1180. The maximum absolute atomic E-state index is 13.4. The van der Waals surface area contributed by atoms with Crippen LogP contribution in [0.4, 0.5) is 0 Å². The maximum atomic E-state index is 13.4. The van der Waals surface area contributed by atoms with Crippen molar-refractivity contribution in [3.05, 3.63) is 58.6 Å². The van der Waals surface area contributed by atoms with Gasteiger partial charge in [-0.05, 0) is 30.9 Å². The van der Waals surface area contributed by atoms with Crippen LogP contribution in [0.25, 0.3) is 16.9 Å². The van der Waals surface area contributed by atoms with E-state index in [1.165, 1.54) is 17.5 Å². The van der Waals surface area contributed by atoms with Crippen molar-refractivity contribution in [2.45, 2.75) is 32.1 Å². The second kappa shape index (κ2) is 8.84. The number of amides is 2. The molecule has 0 bridgehead atoms. The van der Waals surface area contributed by atoms with Crippen molar-refractivity contribution >= 4 is 11.8 Å². The first-order valence-electron chi connectivity index (χ1n) is 11.7. The summed E-state index contributed by atoms with van der Waals surface area (Å²) in [5.41, 5.74) is 1.65. The molecule has 1 aliphatic carbocycles. The molecule has 3 aliphatic heterocycles. The molecule has 8 heteroatoms. The van der Waals surface area contributed by atoms with Crippen LogP contribution in [0.3, 0.4) is 0 Å². The van der Waals surface area contributed by atoms with Gasteiger partial charge in [-0.3, -0.25) is 14.4 Å². The summed E-state index contributed by atoms with van der Waals surface area (Å²) in [4.78, 5) is 42.8. The molecule has 0 atom stereocenters. The molecule has 0 unspecified atom stereocenters. The Morgan fingerprint density at radius 1 is 0.970 bits per heavy atom. The van der Waals surface area contributed by atoms with Crippen LogP contribution in [-0.2, 0) is 11.8 Å². The zero-order valence-corrected chi connectivity index (χ0v) is 18.9. The Hall–Kier alpha value is -3.42. The number of fused-ring (bicyclic) bond motifs is 1. The molecule has 3 heterocycles. The summed E-state index contributed by atoms with van der Waals surface area (Å²) in [6, 6.07) is 9.21. The van der Waals surface area contributed by atoms with E-state index in [2.05, 4.69) is 5.10 Å². The molecule has 2 fully saturated rings. The highest BCUT2D eigenvalue weighted by atomic mass is 16.2. The highest BCUT2D eigenvalue weighted by Gasteiger charge is 2.30. The van der Waals surface area contributed by atoms with E-state index in [-0.39, 0.29) is 17.4 Å². The molecule has 0 aromatic heterocycles. The van der Waals surface area contributed by atoms with Crippen molar-refractivity contribution in [1.82, 2.24) is 24.1 Å². The summed E-state index contributed by atoms with van der Waals surface area (Å²) in [5.74, 6) is 0.577. The number of carbonyl (C=O) groups excluding carboxylic acids is 2. The molecular weight excluding hydrogens is 418 g/mol. The molecule has 4 aliphatic rings. The Balaban J connectivity index is 1.34. The Labute approximate surface area is 192 Å². The number of rotatable bonds is 4. The molecule has 0 radical (unpaired) electrons. The molecular formula is C25H29N5O3. The summed E-state index contributed by atoms with van der Waals surface area (Å²) in [7, 11) is 1.80. The van der Waals surface area contributed by atoms with Crippen LogP contribution >= 0.6 is 0 Å². The molecule has 33 heavy (non-hydrogen) atoms. The molecule has 8 nitrogen and oxygen atoms in total. The molecule has 1 saturated carbocycles. The second-order valence-corrected chi connectivity index (χ2v) is 9.18. The zero-order valence-electron chi connectivity index (χ0n) is 18.9. The SMILES string of the molecule is Cn1cc(C(=O)N2CCN(C(=O)CC3CCCC3)CC2)c2nn(-c3ccccc3)c(=O)c-2c1. The normalized spacial score (nSPS) is 17.1. The number of piperazine rings is 1. The highest BCUT2D eigenvalue weighted by molar-refractivity contribution is 6.00. The van der Waals surface area contributed by atoms with E-state index in [0.717, 1.165) is 12.8 Å². The molecule has 172 valence electrons. The van der Waals surface area contributed by atoms with Gasteiger partial charge in [0.15, 0.2) is 0 Å². The van der Waals surface area contributed by atoms with Gasteiger partial charge in [0.1, 0.15) is 5.69 Å². The molecule has 2 amide bonds. The third kappa shape index (κ3) is 4.17. The fraction of sp³-hybridized carbons (Fsp3) is 0.440. The Morgan fingerprint density at radius 2 is 1.64 bits per heavy atom. The van der Waals surface area contributed by atoms with Gasteiger partial charge in [-0.15, -0.1) is 0 Å². The van der Waals surface area contributed by atoms with E-state index < -0.39 is 0 Å². The minimum Gasteiger partial charge on any atom is -0.356 e. The monoisotopic (exact) mass is 447 g/mol. The first kappa shape index (κ1) is 21.4. The third-order valence-electron chi connectivity index (χ3n) is 6.89. The van der Waals surface area contributed by atoms with Gasteiger partial charge in [0, 0.05) is 52.0 Å². The van der Waals surface area contributed by atoms with Crippen LogP contribution in [0.5, 0.6) is 0 Å². The number of benzene rings is 1. The van der Waals surface area contributed by atoms with Gasteiger partial charge in [0.05, 0.1) is 16.8 Å². The number of hydrogen-bond acceptors (Lipinski definition) is 4. The fourth-order valence-corrected chi connectivity index (χ4v) is 5.06. The molecule has 0 spiro atoms. The lowest BCUT2D eigenvalue weighted by molar-refractivity contribution is -0.133. The molecule has 1 aromatic rings. The van der Waals surface area contributed by atoms with E-state index >= 15 is 0 Å². The average Bonchev–Trinajstić information content (AvgIpc) is 3.47. The molecule has 1 saturated heterocycles. The van der Waals surface area contributed by atoms with Crippen LogP contribution in [-0.4, -0.2) is 62.1 Å². The van der Waals surface area contributed by atoms with Gasteiger partial charge >= 0.3 is 0 Å². The number of aromatic nitrogens is 3. The number of carbonyl (C=O) groups is 2. The first-order valence-corrected chi connectivity index (χ1v) is 11.7. The number of aryl methyl sites for hydroxylation is 1. The summed E-state index contributed by atoms with van der Waals surface area (Å²) < 4.78 is 3.08. The van der Waals surface area contributed by atoms with E-state index in [4.69, 9.17) is 0 Å². The standard InChI is InChI=1S/C25H29N5O3/c1-27-16-20(23-21(17-27)25(33)30(26-23)19-9-3-2-4-10-19)24(32)29-13-11-28(12-14-29)22(31)15-18-7-5-6-8-18/h2-4,9-10,16-18H,5-8,11-15H2,1H3. The van der Waals surface area contributed by atoms with Crippen molar-refractivity contribution in [3.63, 3.8) is 0 Å². The quantitative estimate of drug-likeness (QED) is 0.616. The van der Waals surface area contributed by atoms with E-state index in [1.54, 1.807) is 28.9 Å². The van der Waals surface area contributed by atoms with Crippen LogP contribution in [0.1, 0.15) is 42.5 Å². The van der Waals surface area contributed by atoms with Crippen LogP contribution in [0, 0.1) is 5.92 Å². The lowest BCUT2D eigenvalue weighted by Crippen LogP contribution is -2.51. The van der Waals surface area contributed by atoms with Crippen molar-refractivity contribution in [2.24, 2.45) is 13.0 Å². The predicted molar refractivity (Wildman–Crippen MR) is 124 cm³/mol. The van der Waals surface area contributed by atoms with Crippen molar-refractivity contribution < 1.29 is 9.59 Å². The van der Waals surface area contributed by atoms with Crippen LogP contribution in [0.15, 0.2) is 47.5 Å². The smallest absolute Gasteiger partial charge is 0.282 e. The summed E-state index contributed by atoms with van der Waals surface area (Å²) >= 11 is 0. The Morgan fingerprint density at radius 3 is 2.33 bits per heavy atom. The second-order valence-electron chi connectivity index (χ2n) is 9.18. The zero-order chi connectivity index (χ0) is 22.9. The number of nitrogens with zero attached hydrogens (tertiary/aromatic N) is 5. The summed E-state index contributed by atoms with van der Waals surface area (Å²) in [6.45, 7) is 2.06. The van der Waals surface area contributed by atoms with Gasteiger partial charge in [0.25, 0.3) is 11.5 Å². The van der Waals surface area contributed by atoms with E-state index in [9.17, 15) is 14.4 Å². The lowest BCUT2D eigenvalue weighted by Gasteiger charge is -2.35. The highest BCUT2D eigenvalue weighted by Crippen LogP contribution is 2.28.